The molecular weight excluding hydrogens is 380 g/mol. The van der Waals surface area contributed by atoms with Crippen molar-refractivity contribution in [2.45, 2.75) is 47.1 Å². The topological polar surface area (TPSA) is 42.3 Å². The van der Waals surface area contributed by atoms with E-state index in [0.29, 0.717) is 4.91 Å². The van der Waals surface area contributed by atoms with Crippen LogP contribution in [0.15, 0.2) is 29.2 Å². The largest absolute Gasteiger partial charge is 0.318 e. The lowest BCUT2D eigenvalue weighted by atomic mass is 10.2. The number of carbonyl (C=O) groups excluding carboxylic acids is 2. The van der Waals surface area contributed by atoms with E-state index in [1.54, 1.807) is 0 Å². The monoisotopic (exact) mass is 402 g/mol. The summed E-state index contributed by atoms with van der Waals surface area (Å²) in [4.78, 5) is 26.8. The molecular formula is C21H23ClN2O2S. The van der Waals surface area contributed by atoms with E-state index in [0.717, 1.165) is 51.4 Å². The number of aromatic nitrogens is 1. The lowest BCUT2D eigenvalue weighted by Crippen LogP contribution is -2.36. The molecule has 2 heterocycles. The Morgan fingerprint density at radius 1 is 1.22 bits per heavy atom. The number of rotatable bonds is 4. The Labute approximate surface area is 169 Å². The molecule has 6 heteroatoms. The van der Waals surface area contributed by atoms with Crippen LogP contribution in [0, 0.1) is 20.8 Å². The summed E-state index contributed by atoms with van der Waals surface area (Å²) in [5.74, 6) is -0.205. The van der Waals surface area contributed by atoms with Crippen LogP contribution in [-0.2, 0) is 4.79 Å². The maximum absolute atomic E-state index is 12.7. The predicted molar refractivity (Wildman–Crippen MR) is 113 cm³/mol. The van der Waals surface area contributed by atoms with Crippen molar-refractivity contribution >= 4 is 40.6 Å². The molecule has 1 atom stereocenters. The highest BCUT2D eigenvalue weighted by molar-refractivity contribution is 8.18. The zero-order chi connectivity index (χ0) is 19.9. The number of aryl methyl sites for hydroxylation is 1. The number of carbonyl (C=O) groups is 2. The van der Waals surface area contributed by atoms with Gasteiger partial charge in [0.1, 0.15) is 0 Å². The van der Waals surface area contributed by atoms with Gasteiger partial charge in [0.25, 0.3) is 11.1 Å². The van der Waals surface area contributed by atoms with Crippen LogP contribution >= 0.6 is 23.4 Å². The summed E-state index contributed by atoms with van der Waals surface area (Å²) in [6.45, 7) is 9.90. The minimum atomic E-state index is -0.205. The lowest BCUT2D eigenvalue weighted by Gasteiger charge is -2.19. The van der Waals surface area contributed by atoms with E-state index < -0.39 is 0 Å². The zero-order valence-electron chi connectivity index (χ0n) is 16.2. The van der Waals surface area contributed by atoms with Gasteiger partial charge in [0.15, 0.2) is 0 Å². The summed E-state index contributed by atoms with van der Waals surface area (Å²) in [5.41, 5.74) is 5.01. The van der Waals surface area contributed by atoms with Crippen LogP contribution in [0.1, 0.15) is 42.8 Å². The number of imide groups is 1. The molecule has 2 amide bonds. The molecule has 1 saturated heterocycles. The van der Waals surface area contributed by atoms with Crippen molar-refractivity contribution in [1.82, 2.24) is 9.47 Å². The fraction of sp³-hybridized carbons (Fsp3) is 0.333. The molecule has 0 unspecified atom stereocenters. The van der Waals surface area contributed by atoms with Crippen molar-refractivity contribution in [3.8, 4) is 5.69 Å². The Balaban J connectivity index is 2.03. The first kappa shape index (κ1) is 19.8. The molecule has 1 aromatic carbocycles. The molecule has 0 radical (unpaired) electrons. The molecule has 0 spiro atoms. The van der Waals surface area contributed by atoms with Crippen molar-refractivity contribution < 1.29 is 9.59 Å². The van der Waals surface area contributed by atoms with E-state index in [1.807, 2.05) is 65.0 Å². The third kappa shape index (κ3) is 3.46. The van der Waals surface area contributed by atoms with Gasteiger partial charge in [0, 0.05) is 28.1 Å². The van der Waals surface area contributed by atoms with Gasteiger partial charge in [-0.25, -0.2) is 0 Å². The molecule has 1 aliphatic rings. The fourth-order valence-corrected chi connectivity index (χ4v) is 4.42. The summed E-state index contributed by atoms with van der Waals surface area (Å²) in [5, 5.41) is 0.524. The summed E-state index contributed by atoms with van der Waals surface area (Å²) in [6.07, 6.45) is 2.57. The Bertz CT molecular complexity index is 961. The third-order valence-corrected chi connectivity index (χ3v) is 6.39. The highest BCUT2D eigenvalue weighted by atomic mass is 35.5. The van der Waals surface area contributed by atoms with Crippen molar-refractivity contribution in [2.75, 3.05) is 0 Å². The summed E-state index contributed by atoms with van der Waals surface area (Å²) in [6, 6.07) is 7.78. The second-order valence-corrected chi connectivity index (χ2v) is 8.26. The van der Waals surface area contributed by atoms with E-state index >= 15 is 0 Å². The third-order valence-electron chi connectivity index (χ3n) is 5.09. The maximum atomic E-state index is 12.7. The van der Waals surface area contributed by atoms with Gasteiger partial charge in [-0.1, -0.05) is 24.6 Å². The van der Waals surface area contributed by atoms with Crippen LogP contribution in [0.5, 0.6) is 0 Å². The molecule has 3 rings (SSSR count). The van der Waals surface area contributed by atoms with Crippen LogP contribution in [-0.4, -0.2) is 26.7 Å². The normalized spacial score (nSPS) is 17.3. The fourth-order valence-electron chi connectivity index (χ4n) is 3.33. The Hall–Kier alpha value is -1.98. The summed E-state index contributed by atoms with van der Waals surface area (Å²) >= 11 is 7.30. The summed E-state index contributed by atoms with van der Waals surface area (Å²) < 4.78 is 2.13. The van der Waals surface area contributed by atoms with Crippen LogP contribution in [0.2, 0.25) is 5.02 Å². The molecule has 4 nitrogen and oxygen atoms in total. The first-order valence-electron chi connectivity index (χ1n) is 8.97. The number of hydrogen-bond acceptors (Lipinski definition) is 3. The number of nitrogens with zero attached hydrogens (tertiary/aromatic N) is 2. The van der Waals surface area contributed by atoms with Gasteiger partial charge < -0.3 is 4.57 Å². The molecule has 0 N–H and O–H groups in total. The molecule has 2 aromatic rings. The second-order valence-electron chi connectivity index (χ2n) is 6.85. The molecule has 1 aliphatic heterocycles. The van der Waals surface area contributed by atoms with E-state index in [1.165, 1.54) is 4.90 Å². The van der Waals surface area contributed by atoms with Gasteiger partial charge in [0.2, 0.25) is 0 Å². The maximum Gasteiger partial charge on any atom is 0.293 e. The van der Waals surface area contributed by atoms with Gasteiger partial charge in [-0.3, -0.25) is 14.5 Å². The Morgan fingerprint density at radius 2 is 1.93 bits per heavy atom. The second kappa shape index (κ2) is 7.56. The molecule has 0 bridgehead atoms. The predicted octanol–water partition coefficient (Wildman–Crippen LogP) is 5.89. The zero-order valence-corrected chi connectivity index (χ0v) is 17.7. The molecule has 142 valence electrons. The van der Waals surface area contributed by atoms with E-state index in [2.05, 4.69) is 4.57 Å². The number of halogens is 1. The number of thioether (sulfide) groups is 1. The van der Waals surface area contributed by atoms with Crippen molar-refractivity contribution in [2.24, 2.45) is 0 Å². The van der Waals surface area contributed by atoms with Gasteiger partial charge in [-0.2, -0.15) is 0 Å². The SMILES string of the molecule is CC[C@H](C)N1C(=O)S/C(=C/c2cc(C)n(-c3cccc(Cl)c3C)c2C)C1=O. The Kier molecular flexibility index (Phi) is 5.54. The molecule has 0 aliphatic carbocycles. The average Bonchev–Trinajstić information content (AvgIpc) is 3.06. The average molecular weight is 403 g/mol. The van der Waals surface area contributed by atoms with Crippen LogP contribution in [0.4, 0.5) is 4.79 Å². The molecule has 0 saturated carbocycles. The quantitative estimate of drug-likeness (QED) is 0.598. The first-order chi connectivity index (χ1) is 12.8. The molecule has 1 fully saturated rings. The number of amides is 2. The van der Waals surface area contributed by atoms with Gasteiger partial charge in [0.05, 0.1) is 4.91 Å². The van der Waals surface area contributed by atoms with Crippen molar-refractivity contribution in [3.05, 3.63) is 56.7 Å². The minimum Gasteiger partial charge on any atom is -0.318 e. The van der Waals surface area contributed by atoms with Crippen molar-refractivity contribution in [3.63, 3.8) is 0 Å². The van der Waals surface area contributed by atoms with Crippen LogP contribution in [0.25, 0.3) is 11.8 Å². The highest BCUT2D eigenvalue weighted by Crippen LogP contribution is 2.35. The molecule has 1 aromatic heterocycles. The smallest absolute Gasteiger partial charge is 0.293 e. The van der Waals surface area contributed by atoms with Gasteiger partial charge in [-0.15, -0.1) is 0 Å². The van der Waals surface area contributed by atoms with Gasteiger partial charge in [-0.05, 0) is 81.3 Å². The molecule has 27 heavy (non-hydrogen) atoms. The van der Waals surface area contributed by atoms with E-state index in [9.17, 15) is 9.59 Å². The standard InChI is InChI=1S/C21H23ClN2O2S/c1-6-12(2)24-20(25)19(27-21(24)26)11-16-10-13(3)23(15(16)5)18-9-7-8-17(22)14(18)4/h7-12H,6H2,1-5H3/b19-11+/t12-/m0/s1. The van der Waals surface area contributed by atoms with E-state index in [-0.39, 0.29) is 17.2 Å². The number of hydrogen-bond donors (Lipinski definition) is 0. The van der Waals surface area contributed by atoms with Crippen molar-refractivity contribution in [1.29, 1.82) is 0 Å². The minimum absolute atomic E-state index is 0.0926. The van der Waals surface area contributed by atoms with E-state index in [4.69, 9.17) is 11.6 Å². The van der Waals surface area contributed by atoms with Crippen LogP contribution in [0.3, 0.4) is 0 Å². The number of benzene rings is 1. The lowest BCUT2D eigenvalue weighted by molar-refractivity contribution is -0.124. The van der Waals surface area contributed by atoms with Crippen LogP contribution < -0.4 is 0 Å². The Morgan fingerprint density at radius 3 is 2.59 bits per heavy atom. The summed E-state index contributed by atoms with van der Waals surface area (Å²) in [7, 11) is 0. The van der Waals surface area contributed by atoms with Gasteiger partial charge >= 0.3 is 0 Å². The first-order valence-corrected chi connectivity index (χ1v) is 10.2. The highest BCUT2D eigenvalue weighted by Gasteiger charge is 2.37.